The Bertz CT molecular complexity index is 400. The number of rotatable bonds is 5. The van der Waals surface area contributed by atoms with Crippen molar-refractivity contribution in [3.05, 3.63) is 29.8 Å². The molecular weight excluding hydrogens is 216 g/mol. The van der Waals surface area contributed by atoms with Crippen LogP contribution in [0.4, 0.5) is 0 Å². The van der Waals surface area contributed by atoms with Gasteiger partial charge in [-0.15, -0.1) is 0 Å². The first-order chi connectivity index (χ1) is 8.26. The largest absolute Gasteiger partial charge is 0.496 e. The Morgan fingerprint density at radius 1 is 1.35 bits per heavy atom. The van der Waals surface area contributed by atoms with Crippen LogP contribution in [0.25, 0.3) is 0 Å². The fourth-order valence-electron chi connectivity index (χ4n) is 2.27. The Labute approximate surface area is 102 Å². The molecule has 2 rings (SSSR count). The maximum Gasteiger partial charge on any atom is 0.313 e. The van der Waals surface area contributed by atoms with Crippen molar-refractivity contribution in [2.75, 3.05) is 7.11 Å². The summed E-state index contributed by atoms with van der Waals surface area (Å²) in [7, 11) is 1.65. The fourth-order valence-corrected chi connectivity index (χ4v) is 2.27. The predicted molar refractivity (Wildman–Crippen MR) is 65.0 cm³/mol. The highest BCUT2D eigenvalue weighted by Crippen LogP contribution is 2.32. The van der Waals surface area contributed by atoms with Gasteiger partial charge in [0, 0.05) is 0 Å². The van der Waals surface area contributed by atoms with Crippen LogP contribution >= 0.6 is 0 Å². The topological polar surface area (TPSA) is 35.5 Å². The van der Waals surface area contributed by atoms with Gasteiger partial charge in [-0.1, -0.05) is 31.5 Å². The van der Waals surface area contributed by atoms with E-state index in [9.17, 15) is 4.79 Å². The molecule has 2 atom stereocenters. The summed E-state index contributed by atoms with van der Waals surface area (Å²) in [5.41, 5.74) is 1.08. The summed E-state index contributed by atoms with van der Waals surface area (Å²) in [5.74, 6) is 0.781. The Morgan fingerprint density at radius 2 is 2.12 bits per heavy atom. The van der Waals surface area contributed by atoms with Crippen molar-refractivity contribution in [2.24, 2.45) is 5.92 Å². The van der Waals surface area contributed by atoms with Crippen molar-refractivity contribution >= 4 is 5.97 Å². The van der Waals surface area contributed by atoms with Crippen molar-refractivity contribution in [2.45, 2.75) is 32.3 Å². The molecule has 1 aromatic carbocycles. The Morgan fingerprint density at radius 3 is 2.76 bits per heavy atom. The van der Waals surface area contributed by atoms with E-state index in [1.807, 2.05) is 24.3 Å². The van der Waals surface area contributed by atoms with E-state index in [1.165, 1.54) is 0 Å². The van der Waals surface area contributed by atoms with Crippen molar-refractivity contribution in [1.82, 2.24) is 0 Å². The predicted octanol–water partition coefficient (Wildman–Crippen LogP) is 2.58. The van der Waals surface area contributed by atoms with Gasteiger partial charge in [0.05, 0.1) is 13.0 Å². The smallest absolute Gasteiger partial charge is 0.313 e. The van der Waals surface area contributed by atoms with Crippen LogP contribution in [0.15, 0.2) is 24.3 Å². The monoisotopic (exact) mass is 234 g/mol. The maximum atomic E-state index is 11.5. The summed E-state index contributed by atoms with van der Waals surface area (Å²) in [6.45, 7) is 2.10. The molecule has 92 valence electrons. The van der Waals surface area contributed by atoms with Crippen LogP contribution in [0, 0.1) is 5.92 Å². The second-order valence-electron chi connectivity index (χ2n) is 4.39. The third-order valence-corrected chi connectivity index (χ3v) is 3.22. The maximum absolute atomic E-state index is 11.5. The molecule has 0 spiro atoms. The van der Waals surface area contributed by atoms with Gasteiger partial charge in [-0.2, -0.15) is 0 Å². The lowest BCUT2D eigenvalue weighted by atomic mass is 9.87. The zero-order chi connectivity index (χ0) is 12.3. The van der Waals surface area contributed by atoms with E-state index in [4.69, 9.17) is 9.47 Å². The summed E-state index contributed by atoms with van der Waals surface area (Å²) in [4.78, 5) is 11.5. The Kier molecular flexibility index (Phi) is 3.67. The average molecular weight is 234 g/mol. The SMILES string of the molecule is CCCC1OC(=O)C1Cc1ccccc1OC. The zero-order valence-corrected chi connectivity index (χ0v) is 10.3. The van der Waals surface area contributed by atoms with E-state index < -0.39 is 0 Å². The molecule has 1 aromatic rings. The van der Waals surface area contributed by atoms with Gasteiger partial charge < -0.3 is 9.47 Å². The first kappa shape index (κ1) is 12.0. The number of para-hydroxylation sites is 1. The van der Waals surface area contributed by atoms with E-state index in [2.05, 4.69) is 6.92 Å². The lowest BCUT2D eigenvalue weighted by Gasteiger charge is -2.35. The van der Waals surface area contributed by atoms with Crippen LogP contribution in [0.5, 0.6) is 5.75 Å². The average Bonchev–Trinajstić information content (AvgIpc) is 2.36. The van der Waals surface area contributed by atoms with Crippen molar-refractivity contribution in [1.29, 1.82) is 0 Å². The van der Waals surface area contributed by atoms with Crippen molar-refractivity contribution in [3.8, 4) is 5.75 Å². The second-order valence-corrected chi connectivity index (χ2v) is 4.39. The number of carbonyl (C=O) groups is 1. The molecule has 0 saturated carbocycles. The number of hydrogen-bond donors (Lipinski definition) is 0. The molecule has 3 nitrogen and oxygen atoms in total. The van der Waals surface area contributed by atoms with Gasteiger partial charge in [0.15, 0.2) is 0 Å². The van der Waals surface area contributed by atoms with Gasteiger partial charge in [-0.3, -0.25) is 4.79 Å². The van der Waals surface area contributed by atoms with Crippen LogP contribution in [0.2, 0.25) is 0 Å². The number of benzene rings is 1. The highest BCUT2D eigenvalue weighted by molar-refractivity contribution is 5.79. The van der Waals surface area contributed by atoms with Gasteiger partial charge in [0.2, 0.25) is 0 Å². The summed E-state index contributed by atoms with van der Waals surface area (Å²) in [5, 5.41) is 0. The molecule has 0 N–H and O–H groups in total. The highest BCUT2D eigenvalue weighted by atomic mass is 16.6. The van der Waals surface area contributed by atoms with E-state index in [1.54, 1.807) is 7.11 Å². The molecule has 1 saturated heterocycles. The first-order valence-corrected chi connectivity index (χ1v) is 6.08. The van der Waals surface area contributed by atoms with Crippen LogP contribution in [0.1, 0.15) is 25.3 Å². The minimum atomic E-state index is -0.0747. The van der Waals surface area contributed by atoms with Gasteiger partial charge in [0.25, 0.3) is 0 Å². The van der Waals surface area contributed by atoms with E-state index in [0.717, 1.165) is 24.2 Å². The third-order valence-electron chi connectivity index (χ3n) is 3.22. The van der Waals surface area contributed by atoms with Crippen LogP contribution in [0.3, 0.4) is 0 Å². The van der Waals surface area contributed by atoms with E-state index >= 15 is 0 Å². The number of methoxy groups -OCH3 is 1. The summed E-state index contributed by atoms with van der Waals surface area (Å²) in [6.07, 6.45) is 2.80. The van der Waals surface area contributed by atoms with Gasteiger partial charge in [-0.25, -0.2) is 0 Å². The lowest BCUT2D eigenvalue weighted by molar-refractivity contribution is -0.185. The first-order valence-electron chi connectivity index (χ1n) is 6.08. The van der Waals surface area contributed by atoms with Crippen LogP contribution in [-0.4, -0.2) is 19.2 Å². The summed E-state index contributed by atoms with van der Waals surface area (Å²) in [6, 6.07) is 7.84. The molecule has 3 heteroatoms. The van der Waals surface area contributed by atoms with Gasteiger partial charge in [0.1, 0.15) is 11.9 Å². The molecule has 1 heterocycles. The van der Waals surface area contributed by atoms with Crippen molar-refractivity contribution < 1.29 is 14.3 Å². The fraction of sp³-hybridized carbons (Fsp3) is 0.500. The molecule has 0 bridgehead atoms. The number of carbonyl (C=O) groups excluding carboxylic acids is 1. The summed E-state index contributed by atoms with van der Waals surface area (Å²) >= 11 is 0. The molecule has 1 aliphatic rings. The van der Waals surface area contributed by atoms with E-state index in [0.29, 0.717) is 6.42 Å². The molecule has 2 unspecified atom stereocenters. The molecule has 0 aliphatic carbocycles. The number of ether oxygens (including phenoxy) is 2. The van der Waals surface area contributed by atoms with Crippen LogP contribution in [-0.2, 0) is 16.0 Å². The molecule has 0 aromatic heterocycles. The Hall–Kier alpha value is -1.51. The van der Waals surface area contributed by atoms with Gasteiger partial charge in [-0.05, 0) is 24.5 Å². The standard InChI is InChI=1S/C14H18O3/c1-3-6-13-11(14(15)17-13)9-10-7-4-5-8-12(10)16-2/h4-5,7-8,11,13H,3,6,9H2,1-2H3. The summed E-state index contributed by atoms with van der Waals surface area (Å²) < 4.78 is 10.5. The molecule has 1 fully saturated rings. The minimum absolute atomic E-state index is 0.00579. The second kappa shape index (κ2) is 5.21. The Balaban J connectivity index is 2.06. The molecule has 17 heavy (non-hydrogen) atoms. The number of cyclic esters (lactones) is 1. The number of hydrogen-bond acceptors (Lipinski definition) is 3. The lowest BCUT2D eigenvalue weighted by Crippen LogP contribution is -2.46. The molecule has 1 aliphatic heterocycles. The quantitative estimate of drug-likeness (QED) is 0.734. The molecule has 0 radical (unpaired) electrons. The zero-order valence-electron chi connectivity index (χ0n) is 10.3. The van der Waals surface area contributed by atoms with E-state index in [-0.39, 0.29) is 18.0 Å². The normalized spacial score (nSPS) is 22.8. The van der Waals surface area contributed by atoms with Gasteiger partial charge >= 0.3 is 5.97 Å². The molecule has 0 amide bonds. The molecular formula is C14H18O3. The number of esters is 1. The van der Waals surface area contributed by atoms with Crippen LogP contribution < -0.4 is 4.74 Å². The highest BCUT2D eigenvalue weighted by Gasteiger charge is 2.41. The minimum Gasteiger partial charge on any atom is -0.496 e. The van der Waals surface area contributed by atoms with Crippen molar-refractivity contribution in [3.63, 3.8) is 0 Å². The third kappa shape index (κ3) is 2.43.